The minimum atomic E-state index is -2.97. The third kappa shape index (κ3) is 6.49. The summed E-state index contributed by atoms with van der Waals surface area (Å²) in [5, 5.41) is 8.78. The van der Waals surface area contributed by atoms with Crippen LogP contribution in [0.25, 0.3) is 6.08 Å². The van der Waals surface area contributed by atoms with Crippen molar-refractivity contribution in [2.45, 2.75) is 11.5 Å². The van der Waals surface area contributed by atoms with Crippen molar-refractivity contribution in [3.8, 4) is 17.2 Å². The molecule has 0 atom stereocenters. The predicted octanol–water partition coefficient (Wildman–Crippen LogP) is 4.38. The highest BCUT2D eigenvalue weighted by Crippen LogP contribution is 2.31. The van der Waals surface area contributed by atoms with E-state index in [0.717, 1.165) is 11.8 Å². The molecule has 0 aliphatic carbocycles. The Balaban J connectivity index is 2.16. The summed E-state index contributed by atoms with van der Waals surface area (Å²) in [6.07, 6.45) is 2.83. The van der Waals surface area contributed by atoms with E-state index in [1.807, 2.05) is 0 Å². The van der Waals surface area contributed by atoms with Gasteiger partial charge in [0.25, 0.3) is 0 Å². The Bertz CT molecular complexity index is 914. The molecule has 0 saturated carbocycles. The van der Waals surface area contributed by atoms with Crippen LogP contribution in [0.1, 0.15) is 15.9 Å². The normalized spacial score (nSPS) is 10.9. The van der Waals surface area contributed by atoms with Crippen LogP contribution in [0.5, 0.6) is 17.2 Å². The zero-order valence-corrected chi connectivity index (χ0v) is 16.4. The van der Waals surface area contributed by atoms with Crippen molar-refractivity contribution in [2.24, 2.45) is 0 Å². The molecule has 0 aromatic heterocycles. The number of ether oxygens (including phenoxy) is 3. The van der Waals surface area contributed by atoms with E-state index < -0.39 is 12.6 Å². The second-order valence-electron chi connectivity index (χ2n) is 5.53. The Kier molecular flexibility index (Phi) is 8.02. The van der Waals surface area contributed by atoms with Crippen molar-refractivity contribution in [3.63, 3.8) is 0 Å². The first-order valence-corrected chi connectivity index (χ1v) is 9.20. The minimum Gasteiger partial charge on any atom is -0.496 e. The van der Waals surface area contributed by atoms with Crippen LogP contribution < -0.4 is 14.2 Å². The number of carbonyl (C=O) groups excluding carboxylic acids is 1. The van der Waals surface area contributed by atoms with Gasteiger partial charge in [0.1, 0.15) is 5.75 Å². The van der Waals surface area contributed by atoms with Crippen molar-refractivity contribution in [1.82, 2.24) is 0 Å². The lowest BCUT2D eigenvalue weighted by molar-refractivity contribution is -0.133. The van der Waals surface area contributed by atoms with Gasteiger partial charge >= 0.3 is 12.6 Å². The largest absolute Gasteiger partial charge is 0.496 e. The van der Waals surface area contributed by atoms with Crippen LogP contribution in [-0.2, 0) is 4.79 Å². The fourth-order valence-corrected chi connectivity index (χ4v) is 3.06. The molecule has 9 heteroatoms. The van der Waals surface area contributed by atoms with E-state index in [1.165, 1.54) is 50.6 Å². The van der Waals surface area contributed by atoms with Crippen molar-refractivity contribution in [3.05, 3.63) is 53.6 Å². The Morgan fingerprint density at radius 1 is 1.07 bits per heavy atom. The Morgan fingerprint density at radius 3 is 2.41 bits per heavy atom. The first-order valence-electron chi connectivity index (χ1n) is 8.22. The average Bonchev–Trinajstić information content (AvgIpc) is 2.70. The monoisotopic (exact) mass is 424 g/mol. The Labute approximate surface area is 170 Å². The molecule has 0 saturated heterocycles. The van der Waals surface area contributed by atoms with Crippen LogP contribution in [0.2, 0.25) is 0 Å². The summed E-state index contributed by atoms with van der Waals surface area (Å²) in [6, 6.07) is 9.01. The maximum absolute atomic E-state index is 12.4. The maximum Gasteiger partial charge on any atom is 0.387 e. The molecule has 2 aromatic rings. The molecule has 6 nitrogen and oxygen atoms in total. The van der Waals surface area contributed by atoms with Crippen molar-refractivity contribution >= 4 is 29.6 Å². The maximum atomic E-state index is 12.4. The molecule has 29 heavy (non-hydrogen) atoms. The molecule has 0 heterocycles. The standard InChI is InChI=1S/C20H18F2O6S/c1-26-16-9-12(4-7-15(16)28-20(21)22)3-6-14(23)13-5-8-18(17(10-13)27-2)29-11-19(24)25/h3-10,20H,11H2,1-2H3,(H,24,25)/b6-3+. The van der Waals surface area contributed by atoms with Gasteiger partial charge in [-0.3, -0.25) is 9.59 Å². The number of alkyl halides is 2. The zero-order chi connectivity index (χ0) is 21.4. The summed E-state index contributed by atoms with van der Waals surface area (Å²) in [6.45, 7) is -2.97. The number of halogens is 2. The molecule has 1 N–H and O–H groups in total. The Morgan fingerprint density at radius 2 is 1.79 bits per heavy atom. The lowest BCUT2D eigenvalue weighted by atomic mass is 10.1. The van der Waals surface area contributed by atoms with Crippen LogP contribution in [0.3, 0.4) is 0 Å². The molecule has 0 unspecified atom stereocenters. The number of rotatable bonds is 10. The van der Waals surface area contributed by atoms with Gasteiger partial charge in [-0.2, -0.15) is 8.78 Å². The van der Waals surface area contributed by atoms with Gasteiger partial charge in [0, 0.05) is 10.5 Å². The van der Waals surface area contributed by atoms with E-state index >= 15 is 0 Å². The molecule has 0 bridgehead atoms. The van der Waals surface area contributed by atoms with Crippen molar-refractivity contribution in [2.75, 3.05) is 20.0 Å². The van der Waals surface area contributed by atoms with Gasteiger partial charge in [0.15, 0.2) is 17.3 Å². The second-order valence-corrected chi connectivity index (χ2v) is 6.55. The molecule has 154 valence electrons. The quantitative estimate of drug-likeness (QED) is 0.344. The smallest absolute Gasteiger partial charge is 0.387 e. The lowest BCUT2D eigenvalue weighted by Crippen LogP contribution is -2.03. The van der Waals surface area contributed by atoms with Gasteiger partial charge in [-0.05, 0) is 42.0 Å². The van der Waals surface area contributed by atoms with E-state index in [-0.39, 0.29) is 23.0 Å². The van der Waals surface area contributed by atoms with Crippen LogP contribution in [-0.4, -0.2) is 43.4 Å². The number of aliphatic carboxylic acids is 1. The highest BCUT2D eigenvalue weighted by molar-refractivity contribution is 8.00. The molecule has 0 fully saturated rings. The zero-order valence-electron chi connectivity index (χ0n) is 15.6. The SMILES string of the molecule is COc1cc(/C=C/C(=O)c2ccc(SCC(=O)O)c(OC)c2)ccc1OC(F)F. The number of hydrogen-bond acceptors (Lipinski definition) is 6. The number of allylic oxidation sites excluding steroid dienone is 1. The highest BCUT2D eigenvalue weighted by atomic mass is 32.2. The number of benzene rings is 2. The summed E-state index contributed by atoms with van der Waals surface area (Å²) < 4.78 is 39.4. The Hall–Kier alpha value is -3.07. The second kappa shape index (κ2) is 10.5. The van der Waals surface area contributed by atoms with E-state index in [0.29, 0.717) is 21.8 Å². The molecule has 0 spiro atoms. The summed E-state index contributed by atoms with van der Waals surface area (Å²) in [5.41, 5.74) is 0.903. The number of carbonyl (C=O) groups is 2. The number of carboxylic acids is 1. The third-order valence-corrected chi connectivity index (χ3v) is 4.67. The van der Waals surface area contributed by atoms with Crippen LogP contribution in [0.15, 0.2) is 47.4 Å². The summed E-state index contributed by atoms with van der Waals surface area (Å²) in [4.78, 5) is 23.7. The topological polar surface area (TPSA) is 82.1 Å². The fraction of sp³-hybridized carbons (Fsp3) is 0.200. The van der Waals surface area contributed by atoms with Gasteiger partial charge < -0.3 is 19.3 Å². The molecule has 0 aliphatic heterocycles. The number of thioether (sulfide) groups is 1. The van der Waals surface area contributed by atoms with Gasteiger partial charge in [-0.1, -0.05) is 12.1 Å². The van der Waals surface area contributed by atoms with Crippen molar-refractivity contribution < 1.29 is 37.7 Å². The van der Waals surface area contributed by atoms with E-state index in [1.54, 1.807) is 12.1 Å². The summed E-state index contributed by atoms with van der Waals surface area (Å²) >= 11 is 1.09. The predicted molar refractivity (Wildman–Crippen MR) is 104 cm³/mol. The molecule has 2 aromatic carbocycles. The van der Waals surface area contributed by atoms with Crippen LogP contribution in [0, 0.1) is 0 Å². The average molecular weight is 424 g/mol. The van der Waals surface area contributed by atoms with Gasteiger partial charge in [-0.25, -0.2) is 0 Å². The molecule has 2 rings (SSSR count). The van der Waals surface area contributed by atoms with Gasteiger partial charge in [0.05, 0.1) is 20.0 Å². The highest BCUT2D eigenvalue weighted by Gasteiger charge is 2.12. The minimum absolute atomic E-state index is 0.106. The lowest BCUT2D eigenvalue weighted by Gasteiger charge is -2.10. The molecule has 0 radical (unpaired) electrons. The molecule has 0 aliphatic rings. The summed E-state index contributed by atoms with van der Waals surface area (Å²) in [5.74, 6) is -1.00. The van der Waals surface area contributed by atoms with E-state index in [2.05, 4.69) is 4.74 Å². The van der Waals surface area contributed by atoms with E-state index in [9.17, 15) is 18.4 Å². The first-order chi connectivity index (χ1) is 13.8. The fourth-order valence-electron chi connectivity index (χ4n) is 2.33. The number of methoxy groups -OCH3 is 2. The van der Waals surface area contributed by atoms with Gasteiger partial charge in [0.2, 0.25) is 0 Å². The summed E-state index contributed by atoms with van der Waals surface area (Å²) in [7, 11) is 2.75. The first kappa shape index (κ1) is 22.2. The van der Waals surface area contributed by atoms with Crippen LogP contribution in [0.4, 0.5) is 8.78 Å². The molecular weight excluding hydrogens is 406 g/mol. The molecule has 0 amide bonds. The number of hydrogen-bond donors (Lipinski definition) is 1. The molecular formula is C20H18F2O6S. The number of carboxylic acid groups (broad SMARTS) is 1. The van der Waals surface area contributed by atoms with Crippen molar-refractivity contribution in [1.29, 1.82) is 0 Å². The third-order valence-electron chi connectivity index (χ3n) is 3.63. The number of ketones is 1. The van der Waals surface area contributed by atoms with E-state index in [4.69, 9.17) is 14.6 Å². The van der Waals surface area contributed by atoms with Crippen LogP contribution >= 0.6 is 11.8 Å². The van der Waals surface area contributed by atoms with Gasteiger partial charge in [-0.15, -0.1) is 11.8 Å².